The maximum Gasteiger partial charge on any atom is 0.164 e. The molecular formula is C77H61N3. The smallest absolute Gasteiger partial charge is 0.164 e. The molecule has 3 saturated carbocycles. The van der Waals surface area contributed by atoms with Crippen LogP contribution in [0, 0.1) is 12.8 Å². The van der Waals surface area contributed by atoms with Crippen LogP contribution in [0.2, 0.25) is 0 Å². The maximum absolute atomic E-state index is 5.02. The topological polar surface area (TPSA) is 38.7 Å². The van der Waals surface area contributed by atoms with E-state index >= 15 is 0 Å². The summed E-state index contributed by atoms with van der Waals surface area (Å²) in [5.74, 6) is 3.18. The third kappa shape index (κ3) is 7.15. The second-order valence-corrected chi connectivity index (χ2v) is 24.0. The Balaban J connectivity index is 0.853. The summed E-state index contributed by atoms with van der Waals surface area (Å²) < 4.78 is 0. The normalized spacial score (nSPS) is 22.7. The van der Waals surface area contributed by atoms with Gasteiger partial charge in [0.1, 0.15) is 0 Å². The molecule has 6 atom stereocenters. The van der Waals surface area contributed by atoms with E-state index in [9.17, 15) is 0 Å². The highest BCUT2D eigenvalue weighted by Gasteiger charge is 2.70. The predicted octanol–water partition coefficient (Wildman–Crippen LogP) is 19.2. The van der Waals surface area contributed by atoms with Crippen molar-refractivity contribution in [3.8, 4) is 89.8 Å². The number of benzene rings is 10. The van der Waals surface area contributed by atoms with Crippen LogP contribution in [0.3, 0.4) is 0 Å². The fraction of sp³-hybridized carbons (Fsp3) is 0.182. The molecule has 3 fully saturated rings. The quantitative estimate of drug-likeness (QED) is 0.160. The van der Waals surface area contributed by atoms with Crippen LogP contribution in [0.4, 0.5) is 0 Å². The van der Waals surface area contributed by atoms with Gasteiger partial charge >= 0.3 is 0 Å². The van der Waals surface area contributed by atoms with Crippen LogP contribution in [0.25, 0.3) is 89.8 Å². The Morgan fingerprint density at radius 2 is 0.688 bits per heavy atom. The van der Waals surface area contributed by atoms with Gasteiger partial charge in [-0.2, -0.15) is 0 Å². The predicted molar refractivity (Wildman–Crippen MR) is 327 cm³/mol. The summed E-state index contributed by atoms with van der Waals surface area (Å²) >= 11 is 0. The number of aromatic nitrogens is 3. The molecule has 0 N–H and O–H groups in total. The lowest BCUT2D eigenvalue weighted by atomic mass is 9.33. The number of fused-ring (bicyclic) bond motifs is 10. The van der Waals surface area contributed by atoms with E-state index < -0.39 is 0 Å². The van der Waals surface area contributed by atoms with Gasteiger partial charge in [-0.25, -0.2) is 15.0 Å². The molecule has 0 amide bonds. The van der Waals surface area contributed by atoms with Gasteiger partial charge in [-0.1, -0.05) is 255 Å². The number of hydrogen-bond acceptors (Lipinski definition) is 3. The Hall–Kier alpha value is -8.79. The summed E-state index contributed by atoms with van der Waals surface area (Å²) in [6.45, 7) is 2.32. The SMILES string of the molecule is Cc1ccccc1-c1ccccc1C12CCCC34CC(CC5(CC(C1)c1ccccc1-c1ccccc15)C23)c1ccccc1-c1c(-c2ccc(-c3ccc(-c5nc(-c6ccccc6)nc(-c6ccccc6)n5)cc3)cc2)cccc14. The van der Waals surface area contributed by atoms with E-state index in [1.165, 1.54) is 93.3 Å². The van der Waals surface area contributed by atoms with Gasteiger partial charge in [0.25, 0.3) is 0 Å². The van der Waals surface area contributed by atoms with E-state index in [0.717, 1.165) is 35.1 Å². The van der Waals surface area contributed by atoms with Crippen LogP contribution >= 0.6 is 0 Å². The van der Waals surface area contributed by atoms with Crippen molar-refractivity contribution in [3.05, 3.63) is 282 Å². The minimum absolute atomic E-state index is 0.0828. The van der Waals surface area contributed by atoms with Gasteiger partial charge in [0.2, 0.25) is 0 Å². The zero-order valence-electron chi connectivity index (χ0n) is 45.2. The highest BCUT2D eigenvalue weighted by molar-refractivity contribution is 5.90. The second-order valence-electron chi connectivity index (χ2n) is 24.0. The Labute approximate surface area is 470 Å². The molecule has 80 heavy (non-hydrogen) atoms. The van der Waals surface area contributed by atoms with Crippen LogP contribution in [-0.4, -0.2) is 15.0 Å². The van der Waals surface area contributed by atoms with Crippen molar-refractivity contribution in [1.82, 2.24) is 15.0 Å². The molecule has 6 unspecified atom stereocenters. The van der Waals surface area contributed by atoms with Crippen molar-refractivity contribution in [3.63, 3.8) is 0 Å². The van der Waals surface area contributed by atoms with Gasteiger partial charge in [0.05, 0.1) is 0 Å². The number of aryl methyl sites for hydroxylation is 1. The van der Waals surface area contributed by atoms with Gasteiger partial charge < -0.3 is 0 Å². The van der Waals surface area contributed by atoms with E-state index in [-0.39, 0.29) is 16.2 Å². The molecule has 1 aromatic heterocycles. The van der Waals surface area contributed by atoms with E-state index in [1.807, 2.05) is 36.4 Å². The molecule has 5 aliphatic carbocycles. The zero-order valence-corrected chi connectivity index (χ0v) is 45.2. The summed E-state index contributed by atoms with van der Waals surface area (Å²) in [5, 5.41) is 0. The van der Waals surface area contributed by atoms with Crippen molar-refractivity contribution in [2.75, 3.05) is 0 Å². The Morgan fingerprint density at radius 3 is 1.27 bits per heavy atom. The first-order chi connectivity index (χ1) is 39.5. The molecule has 11 aromatic rings. The van der Waals surface area contributed by atoms with E-state index in [0.29, 0.717) is 35.2 Å². The van der Waals surface area contributed by atoms with Crippen LogP contribution in [0.15, 0.2) is 249 Å². The minimum atomic E-state index is -0.0943. The van der Waals surface area contributed by atoms with Crippen molar-refractivity contribution in [2.24, 2.45) is 5.92 Å². The summed E-state index contributed by atoms with van der Waals surface area (Å²) in [4.78, 5) is 15.0. The Kier molecular flexibility index (Phi) is 10.9. The summed E-state index contributed by atoms with van der Waals surface area (Å²) in [6.07, 6.45) is 8.23. The molecule has 16 rings (SSSR count). The average Bonchev–Trinajstić information content (AvgIpc) is 3.81. The molecule has 1 heterocycles. The van der Waals surface area contributed by atoms with Gasteiger partial charge in [-0.05, 0) is 152 Å². The third-order valence-electron chi connectivity index (χ3n) is 20.0. The average molecular weight is 1030 g/mol. The molecule has 5 aliphatic rings. The highest BCUT2D eigenvalue weighted by atomic mass is 15.0. The second kappa shape index (κ2) is 18.4. The molecule has 3 heteroatoms. The van der Waals surface area contributed by atoms with Crippen LogP contribution < -0.4 is 0 Å². The van der Waals surface area contributed by atoms with E-state index in [4.69, 9.17) is 15.0 Å². The molecule has 0 aliphatic heterocycles. The third-order valence-corrected chi connectivity index (χ3v) is 20.0. The van der Waals surface area contributed by atoms with Crippen molar-refractivity contribution < 1.29 is 0 Å². The monoisotopic (exact) mass is 1030 g/mol. The standard InChI is InChI=1S/C77H61N3/c1-50-20-8-9-25-59(50)64-29-14-16-33-67(64)75-44-19-45-76-47-58(49-77(74(75)76)48-57(46-75)60-26-10-12-28-63(60)65-30-15-17-34-68(65)77)61-27-11-13-31-66(61)70-62(32-18-35-69(70)76)53-40-36-51(37-41-53)52-38-42-56(43-39-52)73-79-71(54-21-4-2-5-22-54)78-72(80-73)55-23-6-3-7-24-55/h2-18,20-43,57-58,74H,19,44-49H2,1H3. The lowest BCUT2D eigenvalue weighted by Crippen LogP contribution is -2.66. The molecule has 0 saturated heterocycles. The molecular weight excluding hydrogens is 967 g/mol. The molecule has 0 radical (unpaired) electrons. The van der Waals surface area contributed by atoms with Crippen LogP contribution in [0.5, 0.6) is 0 Å². The Morgan fingerprint density at radius 1 is 0.300 bits per heavy atom. The fourth-order valence-corrected chi connectivity index (χ4v) is 17.3. The maximum atomic E-state index is 5.02. The molecule has 10 aromatic carbocycles. The first kappa shape index (κ1) is 47.2. The summed E-state index contributed by atoms with van der Waals surface area (Å²) in [7, 11) is 0. The summed E-state index contributed by atoms with van der Waals surface area (Å²) in [5.41, 5.74) is 25.3. The number of rotatable bonds is 7. The summed E-state index contributed by atoms with van der Waals surface area (Å²) in [6, 6.07) is 93.9. The van der Waals surface area contributed by atoms with Crippen LogP contribution in [0.1, 0.15) is 90.2 Å². The molecule has 3 nitrogen and oxygen atoms in total. The zero-order chi connectivity index (χ0) is 53.0. The first-order valence-corrected chi connectivity index (χ1v) is 29.1. The molecule has 384 valence electrons. The lowest BCUT2D eigenvalue weighted by Gasteiger charge is -2.70. The molecule has 2 spiro atoms. The number of nitrogens with zero attached hydrogens (tertiary/aromatic N) is 3. The van der Waals surface area contributed by atoms with Crippen LogP contribution in [-0.2, 0) is 16.2 Å². The van der Waals surface area contributed by atoms with Crippen molar-refractivity contribution >= 4 is 0 Å². The fourth-order valence-electron chi connectivity index (χ4n) is 17.3. The van der Waals surface area contributed by atoms with Gasteiger partial charge in [0, 0.05) is 32.9 Å². The Bertz CT molecular complexity index is 4140. The van der Waals surface area contributed by atoms with Crippen molar-refractivity contribution in [1.29, 1.82) is 0 Å². The van der Waals surface area contributed by atoms with Gasteiger partial charge in [-0.15, -0.1) is 0 Å². The van der Waals surface area contributed by atoms with Gasteiger partial charge in [0.15, 0.2) is 17.5 Å². The van der Waals surface area contributed by atoms with Gasteiger partial charge in [-0.3, -0.25) is 0 Å². The highest BCUT2D eigenvalue weighted by Crippen LogP contribution is 2.77. The largest absolute Gasteiger partial charge is 0.208 e. The molecule has 4 bridgehead atoms. The first-order valence-electron chi connectivity index (χ1n) is 29.1. The van der Waals surface area contributed by atoms with E-state index in [1.54, 1.807) is 22.3 Å². The van der Waals surface area contributed by atoms with Crippen molar-refractivity contribution in [2.45, 2.75) is 80.0 Å². The minimum Gasteiger partial charge on any atom is -0.208 e. The number of hydrogen-bond donors (Lipinski definition) is 0. The van der Waals surface area contributed by atoms with E-state index in [2.05, 4.69) is 219 Å². The lowest BCUT2D eigenvalue weighted by molar-refractivity contribution is -0.0728.